The van der Waals surface area contributed by atoms with Crippen molar-refractivity contribution >= 4 is 52.3 Å². The summed E-state index contributed by atoms with van der Waals surface area (Å²) in [5.74, 6) is -2.32. The lowest BCUT2D eigenvalue weighted by molar-refractivity contribution is -0.135. The Morgan fingerprint density at radius 1 is 1.06 bits per heavy atom. The highest BCUT2D eigenvalue weighted by atomic mass is 35.5. The van der Waals surface area contributed by atoms with E-state index in [1.165, 1.54) is 6.07 Å². The number of carbonyl (C=O) groups excluding carboxylic acids is 3. The predicted octanol–water partition coefficient (Wildman–Crippen LogP) is 3.73. The fraction of sp³-hybridized carbons (Fsp3) is 0.348. The van der Waals surface area contributed by atoms with Crippen LogP contribution < -0.4 is 10.2 Å². The largest absolute Gasteiger partial charge is 0.324 e. The van der Waals surface area contributed by atoms with E-state index in [0.717, 1.165) is 28.9 Å². The Morgan fingerprint density at radius 2 is 1.87 bits per heavy atom. The van der Waals surface area contributed by atoms with Gasteiger partial charge in [-0.1, -0.05) is 40.9 Å². The lowest BCUT2D eigenvalue weighted by Gasteiger charge is -2.36. The van der Waals surface area contributed by atoms with Gasteiger partial charge < -0.3 is 5.32 Å². The molecular formula is C23H19Cl2N3O3. The van der Waals surface area contributed by atoms with Crippen LogP contribution >= 0.6 is 23.2 Å². The van der Waals surface area contributed by atoms with Crippen molar-refractivity contribution in [2.75, 3.05) is 16.8 Å². The van der Waals surface area contributed by atoms with Gasteiger partial charge in [0.1, 0.15) is 5.54 Å². The molecule has 158 valence electrons. The standard InChI is InChI=1S/C23H19Cl2N3O3/c1-11-4-7-15-13(9-11)23(22(31)26-15)19-18(16-3-2-8-27(16)23)20(29)28(21(19)30)17-10-12(24)5-6-14(17)25/h4-7,9-10,16,18-19H,2-3,8H2,1H3,(H,26,31)/t16-,18+,19-,23+/m0/s1. The number of nitrogens with zero attached hydrogens (tertiary/aromatic N) is 2. The third kappa shape index (κ3) is 2.25. The Hall–Kier alpha value is -2.41. The zero-order chi connectivity index (χ0) is 21.7. The molecule has 31 heavy (non-hydrogen) atoms. The van der Waals surface area contributed by atoms with Gasteiger partial charge in [-0.25, -0.2) is 4.90 Å². The molecule has 3 amide bonds. The molecule has 4 aliphatic rings. The minimum atomic E-state index is -1.18. The van der Waals surface area contributed by atoms with E-state index in [2.05, 4.69) is 10.2 Å². The van der Waals surface area contributed by atoms with E-state index >= 15 is 0 Å². The average Bonchev–Trinajstić information content (AvgIpc) is 3.43. The maximum atomic E-state index is 13.9. The van der Waals surface area contributed by atoms with E-state index in [-0.39, 0.29) is 28.6 Å². The molecule has 0 aliphatic carbocycles. The third-order valence-electron chi connectivity index (χ3n) is 7.30. The van der Waals surface area contributed by atoms with Crippen molar-refractivity contribution in [2.24, 2.45) is 11.8 Å². The van der Waals surface area contributed by atoms with Crippen LogP contribution in [0.1, 0.15) is 24.0 Å². The number of amides is 3. The summed E-state index contributed by atoms with van der Waals surface area (Å²) in [4.78, 5) is 44.4. The fourth-order valence-electron chi connectivity index (χ4n) is 6.21. The molecule has 8 heteroatoms. The second-order valence-corrected chi connectivity index (χ2v) is 9.63. The summed E-state index contributed by atoms with van der Waals surface area (Å²) in [6.45, 7) is 2.64. The quantitative estimate of drug-likeness (QED) is 0.665. The summed E-state index contributed by atoms with van der Waals surface area (Å²) in [6, 6.07) is 10.3. The fourth-order valence-corrected chi connectivity index (χ4v) is 6.58. The highest BCUT2D eigenvalue weighted by Gasteiger charge is 2.74. The molecule has 3 saturated heterocycles. The van der Waals surface area contributed by atoms with Crippen molar-refractivity contribution in [1.29, 1.82) is 0 Å². The van der Waals surface area contributed by atoms with E-state index in [0.29, 0.717) is 17.3 Å². The van der Waals surface area contributed by atoms with Crippen LogP contribution in [-0.2, 0) is 19.9 Å². The minimum absolute atomic E-state index is 0.165. The van der Waals surface area contributed by atoms with Gasteiger partial charge in [0, 0.05) is 22.3 Å². The SMILES string of the molecule is Cc1ccc2c(c1)[C@]1(C(=O)N2)[C@@H]2C(=O)N(c3cc(Cl)ccc3Cl)C(=O)[C@@H]2[C@@H]2CCCN21. The Kier molecular flexibility index (Phi) is 3.93. The number of fused-ring (bicyclic) bond motifs is 7. The number of rotatable bonds is 1. The van der Waals surface area contributed by atoms with Crippen LogP contribution in [0.25, 0.3) is 0 Å². The predicted molar refractivity (Wildman–Crippen MR) is 117 cm³/mol. The molecule has 4 aliphatic heterocycles. The van der Waals surface area contributed by atoms with Crippen LogP contribution in [0.2, 0.25) is 10.0 Å². The van der Waals surface area contributed by atoms with Crippen LogP contribution in [0.4, 0.5) is 11.4 Å². The molecule has 0 bridgehead atoms. The summed E-state index contributed by atoms with van der Waals surface area (Å²) >= 11 is 12.5. The van der Waals surface area contributed by atoms with Crippen LogP contribution in [0, 0.1) is 18.8 Å². The van der Waals surface area contributed by atoms with Crippen molar-refractivity contribution in [3.8, 4) is 0 Å². The third-order valence-corrected chi connectivity index (χ3v) is 7.85. The van der Waals surface area contributed by atoms with Crippen molar-refractivity contribution in [1.82, 2.24) is 4.90 Å². The number of aryl methyl sites for hydroxylation is 1. The zero-order valence-electron chi connectivity index (χ0n) is 16.7. The Labute approximate surface area is 189 Å². The molecule has 0 radical (unpaired) electrons. The van der Waals surface area contributed by atoms with Crippen LogP contribution in [0.5, 0.6) is 0 Å². The number of hydrogen-bond donors (Lipinski definition) is 1. The summed E-state index contributed by atoms with van der Waals surface area (Å²) < 4.78 is 0. The van der Waals surface area contributed by atoms with E-state index < -0.39 is 23.3 Å². The normalized spacial score (nSPS) is 31.4. The number of hydrogen-bond acceptors (Lipinski definition) is 4. The molecule has 4 atom stereocenters. The molecular weight excluding hydrogens is 437 g/mol. The summed E-state index contributed by atoms with van der Waals surface area (Å²) in [5, 5.41) is 3.64. The van der Waals surface area contributed by atoms with Gasteiger partial charge in [0.25, 0.3) is 0 Å². The second kappa shape index (κ2) is 6.31. The second-order valence-electron chi connectivity index (χ2n) is 8.78. The Morgan fingerprint density at radius 3 is 2.68 bits per heavy atom. The van der Waals surface area contributed by atoms with Gasteiger partial charge in [-0.05, 0) is 50.6 Å². The van der Waals surface area contributed by atoms with Crippen molar-refractivity contribution < 1.29 is 14.4 Å². The first-order chi connectivity index (χ1) is 14.9. The number of imide groups is 1. The van der Waals surface area contributed by atoms with Crippen molar-refractivity contribution in [3.05, 3.63) is 57.6 Å². The molecule has 4 heterocycles. The number of halogens is 2. The number of carbonyl (C=O) groups is 3. The molecule has 3 fully saturated rings. The van der Waals surface area contributed by atoms with Crippen molar-refractivity contribution in [2.45, 2.75) is 31.3 Å². The van der Waals surface area contributed by atoms with Crippen LogP contribution in [0.15, 0.2) is 36.4 Å². The van der Waals surface area contributed by atoms with Crippen molar-refractivity contribution in [3.63, 3.8) is 0 Å². The summed E-state index contributed by atoms with van der Waals surface area (Å²) in [7, 11) is 0. The number of benzene rings is 2. The van der Waals surface area contributed by atoms with E-state index in [1.807, 2.05) is 25.1 Å². The Balaban J connectivity index is 1.58. The first-order valence-corrected chi connectivity index (χ1v) is 11.1. The zero-order valence-corrected chi connectivity index (χ0v) is 18.2. The van der Waals surface area contributed by atoms with Gasteiger partial charge in [0.15, 0.2) is 0 Å². The highest BCUT2D eigenvalue weighted by molar-refractivity contribution is 6.38. The Bertz CT molecular complexity index is 1200. The van der Waals surface area contributed by atoms with Gasteiger partial charge >= 0.3 is 0 Å². The number of anilines is 2. The molecule has 6 nitrogen and oxygen atoms in total. The lowest BCUT2D eigenvalue weighted by atomic mass is 9.75. The van der Waals surface area contributed by atoms with E-state index in [4.69, 9.17) is 23.2 Å². The smallest absolute Gasteiger partial charge is 0.250 e. The van der Waals surface area contributed by atoms with Gasteiger partial charge in [-0.15, -0.1) is 0 Å². The molecule has 2 aromatic rings. The molecule has 0 saturated carbocycles. The van der Waals surface area contributed by atoms with Gasteiger partial charge in [0.2, 0.25) is 17.7 Å². The average molecular weight is 456 g/mol. The topological polar surface area (TPSA) is 69.7 Å². The number of nitrogens with one attached hydrogen (secondary N) is 1. The van der Waals surface area contributed by atoms with Crippen LogP contribution in [0.3, 0.4) is 0 Å². The summed E-state index contributed by atoms with van der Waals surface area (Å²) in [6.07, 6.45) is 1.65. The maximum Gasteiger partial charge on any atom is 0.250 e. The molecule has 1 N–H and O–H groups in total. The maximum absolute atomic E-state index is 13.9. The van der Waals surface area contributed by atoms with Crippen LogP contribution in [-0.4, -0.2) is 35.2 Å². The van der Waals surface area contributed by atoms with Gasteiger partial charge in [-0.3, -0.25) is 19.3 Å². The molecule has 1 spiro atoms. The minimum Gasteiger partial charge on any atom is -0.324 e. The molecule has 0 unspecified atom stereocenters. The van der Waals surface area contributed by atoms with Gasteiger partial charge in [-0.2, -0.15) is 0 Å². The monoisotopic (exact) mass is 455 g/mol. The van der Waals surface area contributed by atoms with E-state index in [9.17, 15) is 14.4 Å². The summed E-state index contributed by atoms with van der Waals surface area (Å²) in [5.41, 5.74) is 1.60. The highest BCUT2D eigenvalue weighted by Crippen LogP contribution is 2.61. The first-order valence-electron chi connectivity index (χ1n) is 10.4. The molecule has 2 aromatic carbocycles. The first kappa shape index (κ1) is 19.3. The van der Waals surface area contributed by atoms with E-state index in [1.54, 1.807) is 12.1 Å². The van der Waals surface area contributed by atoms with Gasteiger partial charge in [0.05, 0.1) is 22.5 Å². The molecule has 0 aromatic heterocycles. The lowest BCUT2D eigenvalue weighted by Crippen LogP contribution is -2.54. The molecule has 6 rings (SSSR count).